The van der Waals surface area contributed by atoms with Crippen LogP contribution < -0.4 is 14.5 Å². The smallest absolute Gasteiger partial charge is 0.150 e. The van der Waals surface area contributed by atoms with Crippen LogP contribution in [0.1, 0.15) is 6.92 Å². The Morgan fingerprint density at radius 3 is 2.30 bits per heavy atom. The second-order valence-corrected chi connectivity index (χ2v) is 9.49. The van der Waals surface area contributed by atoms with Crippen molar-refractivity contribution in [3.05, 3.63) is 96.4 Å². The number of fused-ring (bicyclic) bond motifs is 1. The second kappa shape index (κ2) is 10.1. The first kappa shape index (κ1) is 23.4. The van der Waals surface area contributed by atoms with Crippen LogP contribution in [0, 0.1) is 0 Å². The molecule has 1 fully saturated rings. The predicted molar refractivity (Wildman–Crippen MR) is 151 cm³/mol. The zero-order valence-corrected chi connectivity index (χ0v) is 21.5. The van der Waals surface area contributed by atoms with E-state index in [2.05, 4.69) is 63.0 Å². The van der Waals surface area contributed by atoms with Crippen LogP contribution in [0.15, 0.2) is 91.4 Å². The maximum absolute atomic E-state index is 6.24. The van der Waals surface area contributed by atoms with Gasteiger partial charge < -0.3 is 19.1 Å². The molecule has 1 aliphatic rings. The predicted octanol–water partition coefficient (Wildman–Crippen LogP) is 6.47. The van der Waals surface area contributed by atoms with Gasteiger partial charge in [-0.25, -0.2) is 9.97 Å². The van der Waals surface area contributed by atoms with Crippen LogP contribution in [0.25, 0.3) is 27.8 Å². The SMILES string of the molecule is CCOc1ccc(-n2cc(-c3ccccc3)c3c(N4CCN(c5cccc(Cl)c5)CC4)ncnc32)cc1. The van der Waals surface area contributed by atoms with E-state index >= 15 is 0 Å². The van der Waals surface area contributed by atoms with E-state index in [-0.39, 0.29) is 0 Å². The zero-order chi connectivity index (χ0) is 25.2. The minimum atomic E-state index is 0.644. The highest BCUT2D eigenvalue weighted by Gasteiger charge is 2.24. The number of ether oxygens (including phenoxy) is 1. The van der Waals surface area contributed by atoms with Crippen molar-refractivity contribution in [2.75, 3.05) is 42.6 Å². The van der Waals surface area contributed by atoms with Gasteiger partial charge >= 0.3 is 0 Å². The van der Waals surface area contributed by atoms with Gasteiger partial charge in [0.2, 0.25) is 0 Å². The molecule has 0 bridgehead atoms. The highest BCUT2D eigenvalue weighted by molar-refractivity contribution is 6.30. The number of benzene rings is 3. The van der Waals surface area contributed by atoms with Crippen LogP contribution in [0.3, 0.4) is 0 Å². The highest BCUT2D eigenvalue weighted by Crippen LogP contribution is 2.37. The minimum absolute atomic E-state index is 0.644. The van der Waals surface area contributed by atoms with Crippen molar-refractivity contribution in [1.82, 2.24) is 14.5 Å². The van der Waals surface area contributed by atoms with Crippen molar-refractivity contribution in [1.29, 1.82) is 0 Å². The topological polar surface area (TPSA) is 46.4 Å². The Morgan fingerprint density at radius 1 is 0.811 bits per heavy atom. The van der Waals surface area contributed by atoms with Crippen molar-refractivity contribution in [3.8, 4) is 22.6 Å². The molecule has 6 rings (SSSR count). The summed E-state index contributed by atoms with van der Waals surface area (Å²) in [6, 6.07) is 26.7. The third-order valence-electron chi connectivity index (χ3n) is 6.83. The number of hydrogen-bond donors (Lipinski definition) is 0. The molecule has 1 aliphatic heterocycles. The molecule has 3 aromatic carbocycles. The molecule has 0 radical (unpaired) electrons. The minimum Gasteiger partial charge on any atom is -0.494 e. The Kier molecular flexibility index (Phi) is 6.41. The summed E-state index contributed by atoms with van der Waals surface area (Å²) in [4.78, 5) is 14.3. The number of halogens is 1. The Hall–Kier alpha value is -4.03. The molecule has 7 heteroatoms. The number of rotatable bonds is 6. The highest BCUT2D eigenvalue weighted by atomic mass is 35.5. The van der Waals surface area contributed by atoms with Gasteiger partial charge in [-0.3, -0.25) is 0 Å². The fraction of sp³-hybridized carbons (Fsp3) is 0.200. The largest absolute Gasteiger partial charge is 0.494 e. The van der Waals surface area contributed by atoms with Gasteiger partial charge in [-0.1, -0.05) is 48.0 Å². The lowest BCUT2D eigenvalue weighted by Crippen LogP contribution is -2.46. The van der Waals surface area contributed by atoms with Crippen LogP contribution in [-0.2, 0) is 0 Å². The Bertz CT molecular complexity index is 1510. The molecule has 0 aliphatic carbocycles. The van der Waals surface area contributed by atoms with Crippen molar-refractivity contribution in [2.45, 2.75) is 6.92 Å². The molecular weight excluding hydrogens is 482 g/mol. The third-order valence-corrected chi connectivity index (χ3v) is 7.06. The van der Waals surface area contributed by atoms with Crippen LogP contribution in [0.2, 0.25) is 5.02 Å². The molecule has 186 valence electrons. The van der Waals surface area contributed by atoms with Gasteiger partial charge in [0, 0.05) is 54.3 Å². The zero-order valence-electron chi connectivity index (χ0n) is 20.7. The molecule has 2 aromatic heterocycles. The van der Waals surface area contributed by atoms with Crippen LogP contribution in [0.5, 0.6) is 5.75 Å². The van der Waals surface area contributed by atoms with Crippen molar-refractivity contribution in [2.24, 2.45) is 0 Å². The molecule has 0 N–H and O–H groups in total. The summed E-state index contributed by atoms with van der Waals surface area (Å²) in [7, 11) is 0. The third kappa shape index (κ3) is 4.60. The average molecular weight is 510 g/mol. The quantitative estimate of drug-likeness (QED) is 0.262. The molecule has 0 atom stereocenters. The fourth-order valence-electron chi connectivity index (χ4n) is 5.04. The second-order valence-electron chi connectivity index (χ2n) is 9.06. The van der Waals surface area contributed by atoms with Crippen LogP contribution >= 0.6 is 11.6 Å². The average Bonchev–Trinajstić information content (AvgIpc) is 3.34. The van der Waals surface area contributed by atoms with Crippen molar-refractivity contribution < 1.29 is 4.74 Å². The van der Waals surface area contributed by atoms with E-state index in [4.69, 9.17) is 26.3 Å². The van der Waals surface area contributed by atoms with Gasteiger partial charge in [-0.05, 0) is 55.0 Å². The van der Waals surface area contributed by atoms with Crippen molar-refractivity contribution >= 4 is 34.1 Å². The Morgan fingerprint density at radius 2 is 1.57 bits per heavy atom. The van der Waals surface area contributed by atoms with E-state index in [9.17, 15) is 0 Å². The lowest BCUT2D eigenvalue weighted by molar-refractivity contribution is 0.340. The van der Waals surface area contributed by atoms with E-state index in [1.54, 1.807) is 6.33 Å². The monoisotopic (exact) mass is 509 g/mol. The van der Waals surface area contributed by atoms with Crippen LogP contribution in [-0.4, -0.2) is 47.3 Å². The molecule has 0 spiro atoms. The van der Waals surface area contributed by atoms with Gasteiger partial charge in [-0.15, -0.1) is 0 Å². The van der Waals surface area contributed by atoms with E-state index < -0.39 is 0 Å². The summed E-state index contributed by atoms with van der Waals surface area (Å²) < 4.78 is 7.81. The molecule has 0 saturated carbocycles. The standard InChI is InChI=1S/C30H28ClN5O/c1-2-37-26-13-11-24(12-14-26)36-20-27(22-7-4-3-5-8-22)28-29(32-21-33-30(28)36)35-17-15-34(16-18-35)25-10-6-9-23(31)19-25/h3-14,19-21H,2,15-18H2,1H3. The summed E-state index contributed by atoms with van der Waals surface area (Å²) in [5, 5.41) is 1.83. The van der Waals surface area contributed by atoms with E-state index in [0.717, 1.165) is 76.3 Å². The first-order valence-corrected chi connectivity index (χ1v) is 13.0. The molecule has 3 heterocycles. The maximum atomic E-state index is 6.24. The van der Waals surface area contributed by atoms with Crippen molar-refractivity contribution in [3.63, 3.8) is 0 Å². The molecule has 0 unspecified atom stereocenters. The fourth-order valence-corrected chi connectivity index (χ4v) is 5.22. The molecule has 6 nitrogen and oxygen atoms in total. The molecular formula is C30H28ClN5O. The van der Waals surface area contributed by atoms with Gasteiger partial charge in [0.15, 0.2) is 5.65 Å². The van der Waals surface area contributed by atoms with Gasteiger partial charge in [-0.2, -0.15) is 0 Å². The molecule has 37 heavy (non-hydrogen) atoms. The lowest BCUT2D eigenvalue weighted by atomic mass is 10.1. The first-order chi connectivity index (χ1) is 18.2. The summed E-state index contributed by atoms with van der Waals surface area (Å²) in [6.07, 6.45) is 3.86. The van der Waals surface area contributed by atoms with E-state index in [1.165, 1.54) is 0 Å². The van der Waals surface area contributed by atoms with Gasteiger partial charge in [0.1, 0.15) is 17.9 Å². The summed E-state index contributed by atoms with van der Waals surface area (Å²) in [5.74, 6) is 1.83. The number of hydrogen-bond acceptors (Lipinski definition) is 5. The van der Waals surface area contributed by atoms with Gasteiger partial charge in [0.25, 0.3) is 0 Å². The van der Waals surface area contributed by atoms with E-state index in [0.29, 0.717) is 6.61 Å². The normalized spacial score (nSPS) is 13.8. The molecule has 0 amide bonds. The first-order valence-electron chi connectivity index (χ1n) is 12.6. The number of nitrogens with zero attached hydrogens (tertiary/aromatic N) is 5. The maximum Gasteiger partial charge on any atom is 0.150 e. The molecule has 1 saturated heterocycles. The number of piperazine rings is 1. The summed E-state index contributed by atoms with van der Waals surface area (Å²) in [6.45, 7) is 6.15. The summed E-state index contributed by atoms with van der Waals surface area (Å²) in [5.41, 5.74) is 5.35. The molecule has 5 aromatic rings. The van der Waals surface area contributed by atoms with Crippen LogP contribution in [0.4, 0.5) is 11.5 Å². The number of aromatic nitrogens is 3. The Balaban J connectivity index is 1.40. The summed E-state index contributed by atoms with van der Waals surface area (Å²) >= 11 is 6.24. The number of anilines is 2. The van der Waals surface area contributed by atoms with Gasteiger partial charge in [0.05, 0.1) is 12.0 Å². The lowest BCUT2D eigenvalue weighted by Gasteiger charge is -2.37. The van der Waals surface area contributed by atoms with E-state index in [1.807, 2.05) is 43.3 Å². The Labute approximate surface area is 221 Å².